The lowest BCUT2D eigenvalue weighted by Crippen LogP contribution is -1.86. The Labute approximate surface area is 62.4 Å². The maximum absolute atomic E-state index is 3.89. The molecular formula is C8H14N2. The summed E-state index contributed by atoms with van der Waals surface area (Å²) in [6.07, 6.45) is 3.24. The molecule has 0 aliphatic rings. The molecule has 0 amide bonds. The first kappa shape index (κ1) is 9.08. The minimum atomic E-state index is 0.557. The average Bonchev–Trinajstić information content (AvgIpc) is 1.88. The Kier molecular flexibility index (Phi) is 4.46. The van der Waals surface area contributed by atoms with E-state index in [0.29, 0.717) is 5.92 Å². The van der Waals surface area contributed by atoms with Gasteiger partial charge in [0.2, 0.25) is 0 Å². The van der Waals surface area contributed by atoms with Crippen molar-refractivity contribution in [2.75, 3.05) is 0 Å². The van der Waals surface area contributed by atoms with E-state index in [1.54, 1.807) is 6.20 Å². The van der Waals surface area contributed by atoms with Crippen molar-refractivity contribution in [2.24, 2.45) is 15.9 Å². The second-order valence-corrected chi connectivity index (χ2v) is 2.47. The first-order chi connectivity index (χ1) is 4.68. The summed E-state index contributed by atoms with van der Waals surface area (Å²) in [6.45, 7) is 9.58. The van der Waals surface area contributed by atoms with Crippen LogP contribution in [0.1, 0.15) is 20.8 Å². The van der Waals surface area contributed by atoms with E-state index in [1.807, 2.05) is 6.92 Å². The first-order valence-electron chi connectivity index (χ1n) is 3.32. The van der Waals surface area contributed by atoms with Gasteiger partial charge < -0.3 is 0 Å². The highest BCUT2D eigenvalue weighted by Crippen LogP contribution is 2.06. The second kappa shape index (κ2) is 4.91. The first-order valence-corrected chi connectivity index (χ1v) is 3.32. The fraction of sp³-hybridized carbons (Fsp3) is 0.500. The summed E-state index contributed by atoms with van der Waals surface area (Å²) in [4.78, 5) is 7.38. The quantitative estimate of drug-likeness (QED) is 0.422. The van der Waals surface area contributed by atoms with Crippen molar-refractivity contribution in [3.05, 3.63) is 11.8 Å². The van der Waals surface area contributed by atoms with Gasteiger partial charge in [0.25, 0.3) is 0 Å². The molecule has 10 heavy (non-hydrogen) atoms. The maximum Gasteiger partial charge on any atom is 0.114 e. The second-order valence-electron chi connectivity index (χ2n) is 2.47. The number of aliphatic imine (C=N–C) groups is 2. The van der Waals surface area contributed by atoms with Crippen molar-refractivity contribution in [3.8, 4) is 0 Å². The Bertz CT molecular complexity index is 155. The number of hydrogen-bond donors (Lipinski definition) is 0. The van der Waals surface area contributed by atoms with Crippen LogP contribution in [-0.4, -0.2) is 13.1 Å². The molecule has 0 saturated heterocycles. The standard InChI is InChI=1S/C8H14N2/c1-7(2)8(3)5-10-6-9-4/h5-7H,4H2,1-3H3/b8-5+,10-6?. The fourth-order valence-electron chi connectivity index (χ4n) is 0.347. The Morgan fingerprint density at radius 1 is 1.50 bits per heavy atom. The Morgan fingerprint density at radius 3 is 2.50 bits per heavy atom. The molecule has 2 heteroatoms. The van der Waals surface area contributed by atoms with Crippen molar-refractivity contribution in [2.45, 2.75) is 20.8 Å². The molecule has 2 nitrogen and oxygen atoms in total. The lowest BCUT2D eigenvalue weighted by Gasteiger charge is -2.00. The van der Waals surface area contributed by atoms with Gasteiger partial charge in [-0.05, 0) is 19.6 Å². The summed E-state index contributed by atoms with van der Waals surface area (Å²) in [5, 5.41) is 0. The average molecular weight is 138 g/mol. The van der Waals surface area contributed by atoms with Crippen molar-refractivity contribution < 1.29 is 0 Å². The van der Waals surface area contributed by atoms with Crippen molar-refractivity contribution in [1.82, 2.24) is 0 Å². The zero-order valence-corrected chi connectivity index (χ0v) is 6.83. The van der Waals surface area contributed by atoms with Crippen LogP contribution in [0.15, 0.2) is 21.8 Å². The predicted octanol–water partition coefficient (Wildman–Crippen LogP) is 2.28. The third-order valence-corrected chi connectivity index (χ3v) is 1.34. The Hall–Kier alpha value is -0.920. The number of hydrogen-bond acceptors (Lipinski definition) is 1. The summed E-state index contributed by atoms with van der Waals surface area (Å²) in [6, 6.07) is 0. The monoisotopic (exact) mass is 138 g/mol. The van der Waals surface area contributed by atoms with Crippen LogP contribution >= 0.6 is 0 Å². The summed E-state index contributed by atoms with van der Waals surface area (Å²) >= 11 is 0. The molecule has 56 valence electrons. The molecule has 0 aromatic rings. The SMILES string of the molecule is C=NC=N/C=C(\C)C(C)C. The van der Waals surface area contributed by atoms with Crippen LogP contribution in [0, 0.1) is 5.92 Å². The topological polar surface area (TPSA) is 24.7 Å². The third-order valence-electron chi connectivity index (χ3n) is 1.34. The van der Waals surface area contributed by atoms with Crippen LogP contribution in [-0.2, 0) is 0 Å². The van der Waals surface area contributed by atoms with E-state index in [9.17, 15) is 0 Å². The highest BCUT2D eigenvalue weighted by molar-refractivity contribution is 5.62. The van der Waals surface area contributed by atoms with Crippen LogP contribution < -0.4 is 0 Å². The molecule has 0 aromatic heterocycles. The molecule has 0 aromatic carbocycles. The third kappa shape index (κ3) is 4.01. The smallest absolute Gasteiger partial charge is 0.114 e. The van der Waals surface area contributed by atoms with Crippen LogP contribution in [0.25, 0.3) is 0 Å². The molecule has 0 aliphatic heterocycles. The van der Waals surface area contributed by atoms with Crippen LogP contribution in [0.5, 0.6) is 0 Å². The number of rotatable bonds is 3. The minimum Gasteiger partial charge on any atom is -0.253 e. The van der Waals surface area contributed by atoms with Gasteiger partial charge in [-0.15, -0.1) is 0 Å². The molecule has 0 bridgehead atoms. The van der Waals surface area contributed by atoms with Gasteiger partial charge in [-0.1, -0.05) is 19.4 Å². The van der Waals surface area contributed by atoms with Gasteiger partial charge in [0, 0.05) is 6.20 Å². The maximum atomic E-state index is 3.89. The summed E-state index contributed by atoms with van der Waals surface area (Å²) in [5.74, 6) is 0.557. The predicted molar refractivity (Wildman–Crippen MR) is 46.6 cm³/mol. The van der Waals surface area contributed by atoms with Gasteiger partial charge in [0.15, 0.2) is 0 Å². The molecular weight excluding hydrogens is 124 g/mol. The van der Waals surface area contributed by atoms with E-state index in [-0.39, 0.29) is 0 Å². The highest BCUT2D eigenvalue weighted by Gasteiger charge is 1.92. The number of allylic oxidation sites excluding steroid dienone is 1. The molecule has 0 N–H and O–H groups in total. The van der Waals surface area contributed by atoms with E-state index in [4.69, 9.17) is 0 Å². The van der Waals surface area contributed by atoms with Gasteiger partial charge in [0.1, 0.15) is 6.34 Å². The van der Waals surface area contributed by atoms with E-state index < -0.39 is 0 Å². The highest BCUT2D eigenvalue weighted by atomic mass is 14.8. The Balaban J connectivity index is 3.91. The molecule has 0 rings (SSSR count). The molecule has 0 aliphatic carbocycles. The van der Waals surface area contributed by atoms with Crippen LogP contribution in [0.4, 0.5) is 0 Å². The zero-order valence-electron chi connectivity index (χ0n) is 6.83. The molecule has 0 unspecified atom stereocenters. The van der Waals surface area contributed by atoms with E-state index in [0.717, 1.165) is 0 Å². The molecule has 0 spiro atoms. The van der Waals surface area contributed by atoms with Crippen molar-refractivity contribution in [1.29, 1.82) is 0 Å². The molecule has 0 radical (unpaired) electrons. The van der Waals surface area contributed by atoms with Crippen molar-refractivity contribution in [3.63, 3.8) is 0 Å². The lowest BCUT2D eigenvalue weighted by atomic mass is 10.1. The van der Waals surface area contributed by atoms with Crippen molar-refractivity contribution >= 4 is 13.1 Å². The van der Waals surface area contributed by atoms with E-state index in [2.05, 4.69) is 30.5 Å². The van der Waals surface area contributed by atoms with Gasteiger partial charge in [-0.25, -0.2) is 4.99 Å². The fourth-order valence-corrected chi connectivity index (χ4v) is 0.347. The largest absolute Gasteiger partial charge is 0.253 e. The van der Waals surface area contributed by atoms with Gasteiger partial charge in [-0.2, -0.15) is 0 Å². The zero-order chi connectivity index (χ0) is 7.98. The Morgan fingerprint density at radius 2 is 2.10 bits per heavy atom. The van der Waals surface area contributed by atoms with Crippen LogP contribution in [0.2, 0.25) is 0 Å². The molecule has 0 saturated carbocycles. The van der Waals surface area contributed by atoms with E-state index in [1.165, 1.54) is 11.9 Å². The van der Waals surface area contributed by atoms with E-state index >= 15 is 0 Å². The summed E-state index contributed by atoms with van der Waals surface area (Å²) in [7, 11) is 0. The lowest BCUT2D eigenvalue weighted by molar-refractivity contribution is 0.766. The summed E-state index contributed by atoms with van der Waals surface area (Å²) in [5.41, 5.74) is 1.25. The molecule has 0 fully saturated rings. The summed E-state index contributed by atoms with van der Waals surface area (Å²) < 4.78 is 0. The van der Waals surface area contributed by atoms with Crippen LogP contribution in [0.3, 0.4) is 0 Å². The number of nitrogens with zero attached hydrogens (tertiary/aromatic N) is 2. The minimum absolute atomic E-state index is 0.557. The van der Waals surface area contributed by atoms with Gasteiger partial charge in [-0.3, -0.25) is 4.99 Å². The van der Waals surface area contributed by atoms with Gasteiger partial charge >= 0.3 is 0 Å². The normalized spacial score (nSPS) is 13.0. The molecule has 0 heterocycles. The van der Waals surface area contributed by atoms with Gasteiger partial charge in [0.05, 0.1) is 0 Å². The molecule has 0 atom stereocenters.